The number of hydrogen-bond donors (Lipinski definition) is 2. The Kier molecular flexibility index (Phi) is 3.50. The third-order valence-corrected chi connectivity index (χ3v) is 3.77. The minimum Gasteiger partial charge on any atom is -0.354 e. The number of fused-ring (bicyclic) bond motifs is 1. The highest BCUT2D eigenvalue weighted by molar-refractivity contribution is 6.31. The largest absolute Gasteiger partial charge is 0.354 e. The van der Waals surface area contributed by atoms with E-state index < -0.39 is 0 Å². The van der Waals surface area contributed by atoms with Crippen LogP contribution in [0.4, 0.5) is 5.95 Å². The van der Waals surface area contributed by atoms with Gasteiger partial charge in [-0.2, -0.15) is 20.2 Å². The molecule has 0 spiro atoms. The van der Waals surface area contributed by atoms with E-state index in [0.717, 1.165) is 29.7 Å². The van der Waals surface area contributed by atoms with Crippen LogP contribution < -0.4 is 5.32 Å². The Bertz CT molecular complexity index is 789. The average Bonchev–Trinajstić information content (AvgIpc) is 3.04. The minimum atomic E-state index is 0.548. The second kappa shape index (κ2) is 5.33. The molecule has 0 aliphatic heterocycles. The summed E-state index contributed by atoms with van der Waals surface area (Å²) in [7, 11) is 0. The van der Waals surface area contributed by atoms with Gasteiger partial charge in [0.05, 0.1) is 28.0 Å². The molecule has 0 saturated heterocycles. The number of aryl methyl sites for hydroxylation is 1. The highest BCUT2D eigenvalue weighted by Gasteiger charge is 2.17. The molecule has 0 atom stereocenters. The summed E-state index contributed by atoms with van der Waals surface area (Å²) in [5, 5.41) is 16.0. The van der Waals surface area contributed by atoms with Crippen LogP contribution in [-0.2, 0) is 0 Å². The Balaban J connectivity index is 2.19. The van der Waals surface area contributed by atoms with E-state index in [1.54, 1.807) is 10.9 Å². The Morgan fingerprint density at radius 3 is 2.81 bits per heavy atom. The van der Waals surface area contributed by atoms with Crippen LogP contribution in [0.2, 0.25) is 5.02 Å². The van der Waals surface area contributed by atoms with E-state index >= 15 is 0 Å². The number of H-pyrrole nitrogens is 1. The van der Waals surface area contributed by atoms with Crippen molar-refractivity contribution in [2.24, 2.45) is 0 Å². The summed E-state index contributed by atoms with van der Waals surface area (Å²) >= 11 is 6.23. The van der Waals surface area contributed by atoms with Crippen molar-refractivity contribution in [3.05, 3.63) is 22.6 Å². The molecule has 0 unspecified atom stereocenters. The number of anilines is 1. The van der Waals surface area contributed by atoms with Crippen molar-refractivity contribution in [3.8, 4) is 5.82 Å². The number of rotatable bonds is 4. The van der Waals surface area contributed by atoms with Crippen molar-refractivity contribution in [2.45, 2.75) is 27.2 Å². The first-order valence-corrected chi connectivity index (χ1v) is 7.16. The second-order valence-corrected chi connectivity index (χ2v) is 5.20. The van der Waals surface area contributed by atoms with Gasteiger partial charge in [-0.25, -0.2) is 4.68 Å². The van der Waals surface area contributed by atoms with E-state index in [1.165, 1.54) is 0 Å². The van der Waals surface area contributed by atoms with Gasteiger partial charge in [-0.05, 0) is 20.3 Å². The van der Waals surface area contributed by atoms with E-state index in [4.69, 9.17) is 11.6 Å². The lowest BCUT2D eigenvalue weighted by molar-refractivity contribution is 0.809. The molecule has 3 aromatic heterocycles. The van der Waals surface area contributed by atoms with Gasteiger partial charge in [0.1, 0.15) is 0 Å². The van der Waals surface area contributed by atoms with Crippen LogP contribution in [0.15, 0.2) is 6.20 Å². The summed E-state index contributed by atoms with van der Waals surface area (Å²) in [6, 6.07) is 0. The molecule has 0 saturated carbocycles. The number of nitrogens with zero attached hydrogens (tertiary/aromatic N) is 5. The van der Waals surface area contributed by atoms with E-state index in [0.29, 0.717) is 22.4 Å². The van der Waals surface area contributed by atoms with Crippen molar-refractivity contribution in [3.63, 3.8) is 0 Å². The molecular weight excluding hydrogens is 290 g/mol. The molecule has 21 heavy (non-hydrogen) atoms. The van der Waals surface area contributed by atoms with E-state index in [9.17, 15) is 0 Å². The zero-order valence-electron chi connectivity index (χ0n) is 12.1. The molecule has 0 aromatic carbocycles. The lowest BCUT2D eigenvalue weighted by Gasteiger charge is -2.08. The minimum absolute atomic E-state index is 0.548. The van der Waals surface area contributed by atoms with Gasteiger partial charge in [0.2, 0.25) is 5.95 Å². The fourth-order valence-electron chi connectivity index (χ4n) is 2.13. The van der Waals surface area contributed by atoms with Gasteiger partial charge in [0.25, 0.3) is 0 Å². The van der Waals surface area contributed by atoms with Gasteiger partial charge in [0, 0.05) is 6.54 Å². The summed E-state index contributed by atoms with van der Waals surface area (Å²) in [5.41, 5.74) is 2.28. The van der Waals surface area contributed by atoms with Crippen LogP contribution in [0.25, 0.3) is 16.9 Å². The Morgan fingerprint density at radius 1 is 1.33 bits per heavy atom. The fourth-order valence-corrected chi connectivity index (χ4v) is 2.24. The van der Waals surface area contributed by atoms with E-state index in [-0.39, 0.29) is 0 Å². The van der Waals surface area contributed by atoms with E-state index in [2.05, 4.69) is 37.5 Å². The maximum absolute atomic E-state index is 6.23. The molecule has 0 aliphatic carbocycles. The molecule has 3 rings (SSSR count). The highest BCUT2D eigenvalue weighted by Crippen LogP contribution is 2.25. The maximum Gasteiger partial charge on any atom is 0.226 e. The van der Waals surface area contributed by atoms with E-state index in [1.807, 2.05) is 13.8 Å². The van der Waals surface area contributed by atoms with Crippen LogP contribution in [-0.4, -0.2) is 36.5 Å². The lowest BCUT2D eigenvalue weighted by Crippen LogP contribution is -2.09. The second-order valence-electron chi connectivity index (χ2n) is 4.83. The Hall–Kier alpha value is -2.15. The first-order valence-electron chi connectivity index (χ1n) is 6.79. The topological polar surface area (TPSA) is 84.3 Å². The SMILES string of the molecule is CCCNc1nc(-n2nc(C)c(Cl)c2C)c2cn[nH]c2n1. The summed E-state index contributed by atoms with van der Waals surface area (Å²) in [6.45, 7) is 6.67. The molecule has 110 valence electrons. The van der Waals surface area contributed by atoms with Crippen molar-refractivity contribution < 1.29 is 0 Å². The molecule has 0 aliphatic rings. The lowest BCUT2D eigenvalue weighted by atomic mass is 10.3. The van der Waals surface area contributed by atoms with Gasteiger partial charge >= 0.3 is 0 Å². The summed E-state index contributed by atoms with van der Waals surface area (Å²) < 4.78 is 1.73. The molecule has 0 bridgehead atoms. The molecule has 0 amide bonds. The zero-order chi connectivity index (χ0) is 15.0. The van der Waals surface area contributed by atoms with Crippen molar-refractivity contribution in [2.75, 3.05) is 11.9 Å². The maximum atomic E-state index is 6.23. The molecular formula is C13H16ClN7. The molecule has 2 N–H and O–H groups in total. The van der Waals surface area contributed by atoms with Crippen LogP contribution in [0.5, 0.6) is 0 Å². The normalized spacial score (nSPS) is 11.2. The van der Waals surface area contributed by atoms with Crippen molar-refractivity contribution in [1.82, 2.24) is 29.9 Å². The van der Waals surface area contributed by atoms with Crippen molar-refractivity contribution >= 4 is 28.6 Å². The first-order chi connectivity index (χ1) is 10.1. The summed E-state index contributed by atoms with van der Waals surface area (Å²) in [6.07, 6.45) is 2.68. The van der Waals surface area contributed by atoms with Gasteiger partial charge < -0.3 is 5.32 Å². The summed E-state index contributed by atoms with van der Waals surface area (Å²) in [5.74, 6) is 1.21. The van der Waals surface area contributed by atoms with Gasteiger partial charge in [-0.3, -0.25) is 5.10 Å². The quantitative estimate of drug-likeness (QED) is 0.774. The molecule has 8 heteroatoms. The van der Waals surface area contributed by atoms with Crippen LogP contribution in [0.3, 0.4) is 0 Å². The number of aromatic nitrogens is 6. The third kappa shape index (κ3) is 2.33. The predicted octanol–water partition coefficient (Wildman–Crippen LogP) is 2.63. The highest BCUT2D eigenvalue weighted by atomic mass is 35.5. The average molecular weight is 306 g/mol. The number of aromatic amines is 1. The Morgan fingerprint density at radius 2 is 2.14 bits per heavy atom. The standard InChI is InChI=1S/C13H16ClN7/c1-4-5-15-13-17-11-9(6-16-19-11)12(18-13)21-8(3)10(14)7(2)20-21/h6H,4-5H2,1-3H3,(H2,15,16,17,18,19). The summed E-state index contributed by atoms with van der Waals surface area (Å²) in [4.78, 5) is 8.96. The smallest absolute Gasteiger partial charge is 0.226 e. The number of hydrogen-bond acceptors (Lipinski definition) is 5. The van der Waals surface area contributed by atoms with Crippen molar-refractivity contribution in [1.29, 1.82) is 0 Å². The number of nitrogens with one attached hydrogen (secondary N) is 2. The monoisotopic (exact) mass is 305 g/mol. The van der Waals surface area contributed by atoms with Gasteiger partial charge in [-0.15, -0.1) is 0 Å². The van der Waals surface area contributed by atoms with Gasteiger partial charge in [0.15, 0.2) is 11.5 Å². The van der Waals surface area contributed by atoms with Crippen LogP contribution >= 0.6 is 11.6 Å². The molecule has 0 fully saturated rings. The molecule has 0 radical (unpaired) electrons. The number of halogens is 1. The van der Waals surface area contributed by atoms with Crippen LogP contribution in [0.1, 0.15) is 24.7 Å². The fraction of sp³-hybridized carbons (Fsp3) is 0.385. The third-order valence-electron chi connectivity index (χ3n) is 3.23. The predicted molar refractivity (Wildman–Crippen MR) is 82.1 cm³/mol. The molecule has 7 nitrogen and oxygen atoms in total. The molecule has 3 heterocycles. The Labute approximate surface area is 126 Å². The zero-order valence-corrected chi connectivity index (χ0v) is 12.9. The van der Waals surface area contributed by atoms with Gasteiger partial charge in [-0.1, -0.05) is 18.5 Å². The molecule has 3 aromatic rings. The van der Waals surface area contributed by atoms with Crippen LogP contribution in [0, 0.1) is 13.8 Å². The first kappa shape index (κ1) is 13.8.